The van der Waals surface area contributed by atoms with Gasteiger partial charge in [0.25, 0.3) is 0 Å². The highest BCUT2D eigenvalue weighted by molar-refractivity contribution is 7.81. The van der Waals surface area contributed by atoms with Crippen molar-refractivity contribution in [3.05, 3.63) is 12.7 Å². The van der Waals surface area contributed by atoms with Crippen LogP contribution in [0.3, 0.4) is 0 Å². The SMILES string of the molecule is CC(C)(C)OC(=O)NCCCC(=O)NCC#CCC[C@H]1O[C@@H](n2cnc3c(N)ncnc32)[C@H](O)[C@@H]1S. The molecule has 0 bridgehead atoms. The number of imidazole rings is 1. The zero-order valence-electron chi connectivity index (χ0n) is 20.6. The van der Waals surface area contributed by atoms with E-state index in [1.165, 1.54) is 12.7 Å². The van der Waals surface area contributed by atoms with Crippen LogP contribution >= 0.6 is 12.6 Å². The van der Waals surface area contributed by atoms with Crippen molar-refractivity contribution >= 4 is 41.6 Å². The Bertz CT molecular complexity index is 1120. The van der Waals surface area contributed by atoms with Crippen molar-refractivity contribution in [2.24, 2.45) is 0 Å². The molecular weight excluding hydrogens is 486 g/mol. The predicted octanol–water partition coefficient (Wildman–Crippen LogP) is 1.17. The molecule has 2 aromatic heterocycles. The summed E-state index contributed by atoms with van der Waals surface area (Å²) in [5.74, 6) is 6.02. The van der Waals surface area contributed by atoms with E-state index < -0.39 is 29.3 Å². The first-order valence-corrected chi connectivity index (χ1v) is 12.2. The number of aliphatic hydroxyl groups is 1. The van der Waals surface area contributed by atoms with E-state index in [1.54, 1.807) is 25.3 Å². The molecule has 2 amide bonds. The highest BCUT2D eigenvalue weighted by atomic mass is 32.1. The molecule has 13 heteroatoms. The molecule has 1 aliphatic heterocycles. The number of nitrogens with two attached hydrogens (primary N) is 1. The first kappa shape index (κ1) is 27.5. The smallest absolute Gasteiger partial charge is 0.407 e. The number of anilines is 1. The Morgan fingerprint density at radius 1 is 1.28 bits per heavy atom. The van der Waals surface area contributed by atoms with Crippen LogP contribution in [0.15, 0.2) is 12.7 Å². The second-order valence-corrected chi connectivity index (χ2v) is 9.93. The maximum Gasteiger partial charge on any atom is 0.407 e. The van der Waals surface area contributed by atoms with Crippen LogP contribution in [-0.2, 0) is 14.3 Å². The van der Waals surface area contributed by atoms with Crippen LogP contribution in [-0.4, -0.2) is 72.8 Å². The highest BCUT2D eigenvalue weighted by Crippen LogP contribution is 2.36. The molecular formula is C23H33N7O5S. The fourth-order valence-electron chi connectivity index (χ4n) is 3.60. The maximum absolute atomic E-state index is 11.9. The number of alkyl carbamates (subject to hydrolysis) is 1. The van der Waals surface area contributed by atoms with Crippen LogP contribution in [0.1, 0.15) is 52.7 Å². The number of hydrogen-bond acceptors (Lipinski definition) is 10. The lowest BCUT2D eigenvalue weighted by atomic mass is 10.1. The summed E-state index contributed by atoms with van der Waals surface area (Å²) in [5.41, 5.74) is 6.20. The first-order chi connectivity index (χ1) is 17.1. The molecule has 2 aromatic rings. The monoisotopic (exact) mass is 519 g/mol. The van der Waals surface area contributed by atoms with Gasteiger partial charge in [-0.05, 0) is 33.6 Å². The topological polar surface area (TPSA) is 167 Å². The number of aliphatic hydroxyl groups excluding tert-OH is 1. The van der Waals surface area contributed by atoms with Gasteiger partial charge < -0.3 is 30.9 Å². The molecule has 1 fully saturated rings. The predicted molar refractivity (Wildman–Crippen MR) is 136 cm³/mol. The van der Waals surface area contributed by atoms with Crippen LogP contribution in [0.2, 0.25) is 0 Å². The quantitative estimate of drug-likeness (QED) is 0.195. The number of nitrogen functional groups attached to an aromatic ring is 1. The molecule has 1 aliphatic rings. The summed E-state index contributed by atoms with van der Waals surface area (Å²) in [6.45, 7) is 5.93. The van der Waals surface area contributed by atoms with E-state index in [0.717, 1.165) is 0 Å². The fourth-order valence-corrected chi connectivity index (χ4v) is 3.97. The van der Waals surface area contributed by atoms with Gasteiger partial charge in [0.05, 0.1) is 24.2 Å². The Balaban J connectivity index is 1.35. The minimum absolute atomic E-state index is 0.146. The van der Waals surface area contributed by atoms with Crippen molar-refractivity contribution in [1.29, 1.82) is 0 Å². The second kappa shape index (κ2) is 12.2. The summed E-state index contributed by atoms with van der Waals surface area (Å²) in [6.07, 6.45) is 2.29. The van der Waals surface area contributed by atoms with Gasteiger partial charge in [0.2, 0.25) is 5.91 Å². The maximum atomic E-state index is 11.9. The summed E-state index contributed by atoms with van der Waals surface area (Å²) < 4.78 is 12.8. The van der Waals surface area contributed by atoms with E-state index >= 15 is 0 Å². The third-order valence-electron chi connectivity index (χ3n) is 5.30. The van der Waals surface area contributed by atoms with E-state index in [1.807, 2.05) is 0 Å². The Morgan fingerprint density at radius 2 is 2.06 bits per heavy atom. The van der Waals surface area contributed by atoms with Gasteiger partial charge in [0, 0.05) is 19.4 Å². The zero-order chi connectivity index (χ0) is 26.3. The number of carbonyl (C=O) groups excluding carboxylic acids is 2. The van der Waals surface area contributed by atoms with Gasteiger partial charge in [-0.2, -0.15) is 12.6 Å². The lowest BCUT2D eigenvalue weighted by Gasteiger charge is -2.19. The van der Waals surface area contributed by atoms with Crippen LogP contribution in [0.4, 0.5) is 10.6 Å². The van der Waals surface area contributed by atoms with E-state index in [9.17, 15) is 14.7 Å². The Hall–Kier alpha value is -3.08. The third kappa shape index (κ3) is 7.46. The lowest BCUT2D eigenvalue weighted by molar-refractivity contribution is -0.120. The molecule has 5 N–H and O–H groups in total. The summed E-state index contributed by atoms with van der Waals surface area (Å²) >= 11 is 4.53. The van der Waals surface area contributed by atoms with Crippen molar-refractivity contribution in [3.63, 3.8) is 0 Å². The molecule has 0 spiro atoms. The van der Waals surface area contributed by atoms with Gasteiger partial charge in [-0.3, -0.25) is 9.36 Å². The molecule has 3 heterocycles. The van der Waals surface area contributed by atoms with Gasteiger partial charge in [-0.25, -0.2) is 19.7 Å². The van der Waals surface area contributed by atoms with Crippen LogP contribution in [0, 0.1) is 11.8 Å². The Labute approximate surface area is 215 Å². The number of aromatic nitrogens is 4. The van der Waals surface area contributed by atoms with Crippen molar-refractivity contribution in [2.45, 2.75) is 75.7 Å². The minimum Gasteiger partial charge on any atom is -0.444 e. The lowest BCUT2D eigenvalue weighted by Crippen LogP contribution is -2.33. The van der Waals surface area contributed by atoms with Crippen LogP contribution < -0.4 is 16.4 Å². The van der Waals surface area contributed by atoms with Gasteiger partial charge >= 0.3 is 6.09 Å². The number of ether oxygens (including phenoxy) is 2. The third-order valence-corrected chi connectivity index (χ3v) is 5.94. The average Bonchev–Trinajstić information content (AvgIpc) is 3.35. The first-order valence-electron chi connectivity index (χ1n) is 11.7. The largest absolute Gasteiger partial charge is 0.444 e. The number of carbonyl (C=O) groups is 2. The number of thiol groups is 1. The Morgan fingerprint density at radius 3 is 2.81 bits per heavy atom. The molecule has 12 nitrogen and oxygen atoms in total. The van der Waals surface area contributed by atoms with E-state index in [2.05, 4.69) is 50.1 Å². The van der Waals surface area contributed by atoms with E-state index in [4.69, 9.17) is 15.2 Å². The van der Waals surface area contributed by atoms with E-state index in [0.29, 0.717) is 37.0 Å². The van der Waals surface area contributed by atoms with Crippen LogP contribution in [0.25, 0.3) is 11.2 Å². The Kier molecular flexibility index (Phi) is 9.36. The van der Waals surface area contributed by atoms with Crippen LogP contribution in [0.5, 0.6) is 0 Å². The summed E-state index contributed by atoms with van der Waals surface area (Å²) in [6, 6.07) is 0. The van der Waals surface area contributed by atoms with Gasteiger partial charge in [-0.1, -0.05) is 5.92 Å². The number of amides is 2. The molecule has 4 atom stereocenters. The number of rotatable bonds is 8. The van der Waals surface area contributed by atoms with Crippen molar-refractivity contribution in [2.75, 3.05) is 18.8 Å². The highest BCUT2D eigenvalue weighted by Gasteiger charge is 2.42. The molecule has 0 aromatic carbocycles. The minimum atomic E-state index is -0.871. The molecule has 0 saturated carbocycles. The number of nitrogens with zero attached hydrogens (tertiary/aromatic N) is 4. The summed E-state index contributed by atoms with van der Waals surface area (Å²) in [4.78, 5) is 35.8. The number of nitrogens with one attached hydrogen (secondary N) is 2. The number of hydrogen-bond donors (Lipinski definition) is 5. The average molecular weight is 520 g/mol. The molecule has 1 saturated heterocycles. The molecule has 196 valence electrons. The van der Waals surface area contributed by atoms with Crippen molar-refractivity contribution in [1.82, 2.24) is 30.2 Å². The normalized spacial score (nSPS) is 21.6. The fraction of sp³-hybridized carbons (Fsp3) is 0.609. The van der Waals surface area contributed by atoms with Crippen molar-refractivity contribution in [3.8, 4) is 11.8 Å². The molecule has 3 rings (SSSR count). The molecule has 0 radical (unpaired) electrons. The standard InChI is InChI=1S/C23H33N7O5S/c1-23(2,3)35-22(33)26-11-7-9-15(31)25-10-6-4-5-8-14-18(36)17(32)21(34-14)30-13-29-16-19(24)27-12-28-20(16)30/h12-14,17-18,21,32,36H,5,7-11H2,1-3H3,(H,25,31)(H,26,33)(H2,24,27,28)/t14-,17-,18-,21-/m1/s1. The number of fused-ring (bicyclic) bond motifs is 1. The van der Waals surface area contributed by atoms with Gasteiger partial charge in [-0.15, -0.1) is 5.92 Å². The molecule has 0 aliphatic carbocycles. The van der Waals surface area contributed by atoms with Gasteiger partial charge in [0.1, 0.15) is 23.5 Å². The summed E-state index contributed by atoms with van der Waals surface area (Å²) in [7, 11) is 0. The van der Waals surface area contributed by atoms with Crippen molar-refractivity contribution < 1.29 is 24.2 Å². The second-order valence-electron chi connectivity index (χ2n) is 9.33. The van der Waals surface area contributed by atoms with Gasteiger partial charge in [0.15, 0.2) is 17.7 Å². The molecule has 36 heavy (non-hydrogen) atoms. The summed E-state index contributed by atoms with van der Waals surface area (Å²) in [5, 5.41) is 15.6. The van der Waals surface area contributed by atoms with E-state index in [-0.39, 0.29) is 30.8 Å². The zero-order valence-corrected chi connectivity index (χ0v) is 21.5. The molecule has 0 unspecified atom stereocenters.